The fourth-order valence-corrected chi connectivity index (χ4v) is 5.20. The van der Waals surface area contributed by atoms with E-state index in [-0.39, 0.29) is 17.6 Å². The molecule has 0 spiro atoms. The molecule has 150 valence electrons. The van der Waals surface area contributed by atoms with Crippen molar-refractivity contribution < 1.29 is 13.9 Å². The van der Waals surface area contributed by atoms with Crippen molar-refractivity contribution in [3.05, 3.63) is 35.5 Å². The number of carbonyl (C=O) groups excluding carboxylic acids is 1. The largest absolute Gasteiger partial charge is 0.381 e. The quantitative estimate of drug-likeness (QED) is 0.796. The minimum atomic E-state index is -0.542. The Kier molecular flexibility index (Phi) is 4.59. The third-order valence-electron chi connectivity index (χ3n) is 6.70. The normalized spacial score (nSPS) is 26.7. The first kappa shape index (κ1) is 18.1. The van der Waals surface area contributed by atoms with Crippen molar-refractivity contribution in [3.8, 4) is 0 Å². The van der Waals surface area contributed by atoms with Gasteiger partial charge in [-0.3, -0.25) is 14.1 Å². The lowest BCUT2D eigenvalue weighted by Crippen LogP contribution is -2.48. The number of fused-ring (bicyclic) bond motifs is 5. The summed E-state index contributed by atoms with van der Waals surface area (Å²) in [4.78, 5) is 22.1. The van der Waals surface area contributed by atoms with Crippen molar-refractivity contribution in [2.45, 2.75) is 44.7 Å². The molecule has 2 bridgehead atoms. The Morgan fingerprint density at radius 1 is 1.11 bits per heavy atom. The summed E-state index contributed by atoms with van der Waals surface area (Å²) in [5.41, 5.74) is 1.19. The van der Waals surface area contributed by atoms with Gasteiger partial charge in [0.2, 0.25) is 5.95 Å². The van der Waals surface area contributed by atoms with Gasteiger partial charge >= 0.3 is 0 Å². The first-order valence-corrected chi connectivity index (χ1v) is 10.4. The summed E-state index contributed by atoms with van der Waals surface area (Å²) >= 11 is 0. The standard InChI is InChI=1S/C21H27FN4O2/c1-14-3-2-4-18-23-19(20(22)26(14)18)21(27)25-12-15-5-6-17(25)13-24(11-15)16-7-9-28-10-8-16/h2-4,15-17H,5-13H2,1H3/t15-,17+/m0/s1. The van der Waals surface area contributed by atoms with Gasteiger partial charge in [-0.15, -0.1) is 0 Å². The zero-order valence-corrected chi connectivity index (χ0v) is 16.3. The van der Waals surface area contributed by atoms with E-state index in [1.165, 1.54) is 4.40 Å². The van der Waals surface area contributed by atoms with Crippen LogP contribution < -0.4 is 0 Å². The van der Waals surface area contributed by atoms with Crippen LogP contribution in [0.25, 0.3) is 5.65 Å². The molecule has 4 saturated heterocycles. The lowest BCUT2D eigenvalue weighted by Gasteiger charge is -2.36. The number of pyridine rings is 1. The Balaban J connectivity index is 1.41. The van der Waals surface area contributed by atoms with Crippen LogP contribution in [0.15, 0.2) is 18.2 Å². The maximum absolute atomic E-state index is 15.0. The lowest BCUT2D eigenvalue weighted by atomic mass is 9.94. The number of carbonyl (C=O) groups is 1. The summed E-state index contributed by atoms with van der Waals surface area (Å²) in [5.74, 6) is -0.351. The van der Waals surface area contributed by atoms with E-state index < -0.39 is 5.95 Å². The minimum absolute atomic E-state index is 0.0422. The average Bonchev–Trinajstić information content (AvgIpc) is 2.86. The van der Waals surface area contributed by atoms with Gasteiger partial charge in [0.05, 0.1) is 0 Å². The van der Waals surface area contributed by atoms with Gasteiger partial charge in [0.1, 0.15) is 5.65 Å². The zero-order valence-electron chi connectivity index (χ0n) is 16.3. The minimum Gasteiger partial charge on any atom is -0.381 e. The molecule has 4 aliphatic heterocycles. The van der Waals surface area contributed by atoms with Crippen LogP contribution in [0.2, 0.25) is 0 Å². The van der Waals surface area contributed by atoms with Gasteiger partial charge in [-0.2, -0.15) is 4.39 Å². The molecule has 0 aliphatic carbocycles. The summed E-state index contributed by atoms with van der Waals surface area (Å²) in [5, 5.41) is 0. The van der Waals surface area contributed by atoms with Crippen molar-refractivity contribution in [1.29, 1.82) is 0 Å². The second-order valence-corrected chi connectivity index (χ2v) is 8.46. The number of piperidine rings is 1. The third kappa shape index (κ3) is 3.01. The molecule has 2 aromatic rings. The van der Waals surface area contributed by atoms with E-state index in [9.17, 15) is 4.79 Å². The summed E-state index contributed by atoms with van der Waals surface area (Å²) < 4.78 is 22.0. The van der Waals surface area contributed by atoms with Crippen LogP contribution in [-0.2, 0) is 4.74 Å². The molecule has 6 rings (SSSR count). The maximum atomic E-state index is 15.0. The molecule has 0 aromatic carbocycles. The van der Waals surface area contributed by atoms with E-state index in [1.807, 2.05) is 24.0 Å². The number of hydrogen-bond donors (Lipinski definition) is 0. The second-order valence-electron chi connectivity index (χ2n) is 8.46. The molecule has 7 heteroatoms. The number of halogens is 1. The van der Waals surface area contributed by atoms with Gasteiger partial charge in [0, 0.05) is 50.6 Å². The second kappa shape index (κ2) is 7.12. The molecule has 2 atom stereocenters. The van der Waals surface area contributed by atoms with E-state index in [0.29, 0.717) is 24.2 Å². The van der Waals surface area contributed by atoms with E-state index in [0.717, 1.165) is 57.7 Å². The number of aryl methyl sites for hydroxylation is 1. The number of aromatic nitrogens is 2. The molecule has 2 aromatic heterocycles. The highest BCUT2D eigenvalue weighted by Gasteiger charge is 2.40. The topological polar surface area (TPSA) is 50.1 Å². The fraction of sp³-hybridized carbons (Fsp3) is 0.619. The van der Waals surface area contributed by atoms with Gasteiger partial charge in [0.15, 0.2) is 5.69 Å². The Bertz CT molecular complexity index is 892. The Hall–Kier alpha value is -1.99. The molecule has 0 saturated carbocycles. The first-order chi connectivity index (χ1) is 13.6. The summed E-state index contributed by atoms with van der Waals surface area (Å²) in [6.07, 6.45) is 4.26. The monoisotopic (exact) mass is 386 g/mol. The van der Waals surface area contributed by atoms with Crippen LogP contribution >= 0.6 is 0 Å². The molecular weight excluding hydrogens is 359 g/mol. The first-order valence-electron chi connectivity index (χ1n) is 10.4. The van der Waals surface area contributed by atoms with Crippen LogP contribution in [0, 0.1) is 18.8 Å². The molecule has 4 aliphatic rings. The average molecular weight is 386 g/mol. The summed E-state index contributed by atoms with van der Waals surface area (Å²) in [6.45, 7) is 6.08. The molecular formula is C21H27FN4O2. The SMILES string of the molecule is Cc1cccc2nc(C(=O)N3C[C@H]4CC[C@@H]3CN(C3CCOCC3)C4)c(F)n12. The fourth-order valence-electron chi connectivity index (χ4n) is 5.20. The molecule has 4 fully saturated rings. The van der Waals surface area contributed by atoms with Gasteiger partial charge < -0.3 is 9.64 Å². The smallest absolute Gasteiger partial charge is 0.277 e. The molecule has 1 amide bonds. The Morgan fingerprint density at radius 2 is 1.93 bits per heavy atom. The van der Waals surface area contributed by atoms with Gasteiger partial charge in [0.25, 0.3) is 5.91 Å². The van der Waals surface area contributed by atoms with Crippen LogP contribution in [0.5, 0.6) is 0 Å². The van der Waals surface area contributed by atoms with Crippen molar-refractivity contribution in [1.82, 2.24) is 19.2 Å². The third-order valence-corrected chi connectivity index (χ3v) is 6.70. The number of imidazole rings is 1. The zero-order chi connectivity index (χ0) is 19.3. The predicted molar refractivity (Wildman–Crippen MR) is 103 cm³/mol. The molecule has 0 N–H and O–H groups in total. The van der Waals surface area contributed by atoms with Gasteiger partial charge in [-0.05, 0) is 50.7 Å². The number of amides is 1. The highest BCUT2D eigenvalue weighted by atomic mass is 19.1. The van der Waals surface area contributed by atoms with Crippen molar-refractivity contribution in [2.75, 3.05) is 32.8 Å². The van der Waals surface area contributed by atoms with Crippen LogP contribution in [0.4, 0.5) is 4.39 Å². The van der Waals surface area contributed by atoms with E-state index in [4.69, 9.17) is 4.74 Å². The molecule has 28 heavy (non-hydrogen) atoms. The van der Waals surface area contributed by atoms with Gasteiger partial charge in [-0.25, -0.2) is 4.98 Å². The van der Waals surface area contributed by atoms with Crippen molar-refractivity contribution in [2.24, 2.45) is 5.92 Å². The van der Waals surface area contributed by atoms with Crippen LogP contribution in [0.1, 0.15) is 41.9 Å². The Morgan fingerprint density at radius 3 is 2.71 bits per heavy atom. The van der Waals surface area contributed by atoms with Gasteiger partial charge in [-0.1, -0.05) is 6.07 Å². The number of hydrogen-bond acceptors (Lipinski definition) is 4. The maximum Gasteiger partial charge on any atom is 0.277 e. The highest BCUT2D eigenvalue weighted by Crippen LogP contribution is 2.32. The lowest BCUT2D eigenvalue weighted by molar-refractivity contribution is 0.0303. The van der Waals surface area contributed by atoms with Crippen LogP contribution in [0.3, 0.4) is 0 Å². The van der Waals surface area contributed by atoms with Crippen LogP contribution in [-0.4, -0.2) is 70.0 Å². The van der Waals surface area contributed by atoms with E-state index >= 15 is 4.39 Å². The number of nitrogens with zero attached hydrogens (tertiary/aromatic N) is 4. The predicted octanol–water partition coefficient (Wildman–Crippen LogP) is 2.50. The Labute approximate surface area is 164 Å². The molecule has 0 radical (unpaired) electrons. The molecule has 0 unspecified atom stereocenters. The van der Waals surface area contributed by atoms with E-state index in [1.54, 1.807) is 6.07 Å². The molecule has 6 nitrogen and oxygen atoms in total. The highest BCUT2D eigenvalue weighted by molar-refractivity contribution is 5.93. The van der Waals surface area contributed by atoms with Crippen molar-refractivity contribution in [3.63, 3.8) is 0 Å². The van der Waals surface area contributed by atoms with Crippen molar-refractivity contribution >= 4 is 11.6 Å². The number of ether oxygens (including phenoxy) is 1. The number of rotatable bonds is 2. The summed E-state index contributed by atoms with van der Waals surface area (Å²) in [6, 6.07) is 6.09. The molecule has 6 heterocycles. The van der Waals surface area contributed by atoms with E-state index in [2.05, 4.69) is 9.88 Å². The summed E-state index contributed by atoms with van der Waals surface area (Å²) in [7, 11) is 0.